The largest absolute Gasteiger partial charge is 0.357 e. The van der Waals surface area contributed by atoms with Gasteiger partial charge in [-0.25, -0.2) is 13.4 Å². The SMILES string of the molecule is CCNC(=NCc1ccn[nH]1)NC(C)CCS(C)(=O)=O.I. The van der Waals surface area contributed by atoms with Crippen LogP contribution in [0, 0.1) is 0 Å². The Bertz CT molecular complexity index is 516. The first-order chi connectivity index (χ1) is 9.40. The van der Waals surface area contributed by atoms with Crippen LogP contribution in [-0.2, 0) is 16.4 Å². The second kappa shape index (κ2) is 9.98. The van der Waals surface area contributed by atoms with Crippen LogP contribution in [0.4, 0.5) is 0 Å². The molecule has 9 heteroatoms. The molecule has 1 heterocycles. The van der Waals surface area contributed by atoms with Crippen molar-refractivity contribution in [2.45, 2.75) is 32.9 Å². The lowest BCUT2D eigenvalue weighted by atomic mass is 10.3. The van der Waals surface area contributed by atoms with Crippen molar-refractivity contribution in [1.29, 1.82) is 0 Å². The van der Waals surface area contributed by atoms with E-state index in [0.29, 0.717) is 18.9 Å². The van der Waals surface area contributed by atoms with Gasteiger partial charge in [0.2, 0.25) is 0 Å². The van der Waals surface area contributed by atoms with Gasteiger partial charge in [-0.2, -0.15) is 5.10 Å². The number of hydrogen-bond acceptors (Lipinski definition) is 4. The number of aromatic nitrogens is 2. The van der Waals surface area contributed by atoms with Gasteiger partial charge in [-0.1, -0.05) is 0 Å². The predicted octanol–water partition coefficient (Wildman–Crippen LogP) is 0.906. The van der Waals surface area contributed by atoms with Crippen molar-refractivity contribution >= 4 is 39.8 Å². The van der Waals surface area contributed by atoms with E-state index in [0.717, 1.165) is 12.2 Å². The summed E-state index contributed by atoms with van der Waals surface area (Å²) in [7, 11) is -2.93. The van der Waals surface area contributed by atoms with Crippen LogP contribution >= 0.6 is 24.0 Å². The topological polar surface area (TPSA) is 99.2 Å². The van der Waals surface area contributed by atoms with Crippen molar-refractivity contribution in [3.63, 3.8) is 0 Å². The van der Waals surface area contributed by atoms with Gasteiger partial charge in [-0.05, 0) is 26.3 Å². The Balaban J connectivity index is 0.00000400. The minimum absolute atomic E-state index is 0. The number of halogens is 1. The van der Waals surface area contributed by atoms with E-state index in [1.165, 1.54) is 6.26 Å². The molecule has 0 amide bonds. The summed E-state index contributed by atoms with van der Waals surface area (Å²) in [4.78, 5) is 4.41. The third kappa shape index (κ3) is 9.67. The zero-order valence-corrected chi connectivity index (χ0v) is 15.7. The van der Waals surface area contributed by atoms with Gasteiger partial charge < -0.3 is 10.6 Å². The number of hydrogen-bond donors (Lipinski definition) is 3. The van der Waals surface area contributed by atoms with E-state index in [1.807, 2.05) is 19.9 Å². The molecule has 1 aromatic heterocycles. The number of rotatable bonds is 7. The normalized spacial score (nSPS) is 13.4. The number of nitrogens with zero attached hydrogens (tertiary/aromatic N) is 2. The summed E-state index contributed by atoms with van der Waals surface area (Å²) >= 11 is 0. The molecule has 0 aliphatic heterocycles. The van der Waals surface area contributed by atoms with Crippen LogP contribution in [0.3, 0.4) is 0 Å². The Kier molecular flexibility index (Phi) is 9.58. The summed E-state index contributed by atoms with van der Waals surface area (Å²) in [6, 6.07) is 1.89. The van der Waals surface area contributed by atoms with Crippen molar-refractivity contribution in [3.8, 4) is 0 Å². The molecule has 1 unspecified atom stereocenters. The molecule has 21 heavy (non-hydrogen) atoms. The molecule has 0 fully saturated rings. The van der Waals surface area contributed by atoms with Gasteiger partial charge in [-0.3, -0.25) is 5.10 Å². The highest BCUT2D eigenvalue weighted by molar-refractivity contribution is 14.0. The summed E-state index contributed by atoms with van der Waals surface area (Å²) < 4.78 is 22.3. The van der Waals surface area contributed by atoms with Crippen molar-refractivity contribution in [1.82, 2.24) is 20.8 Å². The first kappa shape index (κ1) is 20.2. The molecular weight excluding hydrogens is 405 g/mol. The Morgan fingerprint density at radius 3 is 2.76 bits per heavy atom. The maximum absolute atomic E-state index is 11.1. The average Bonchev–Trinajstić information content (AvgIpc) is 2.86. The minimum Gasteiger partial charge on any atom is -0.357 e. The van der Waals surface area contributed by atoms with Gasteiger partial charge in [0.1, 0.15) is 9.84 Å². The molecule has 0 saturated carbocycles. The number of sulfone groups is 1. The van der Waals surface area contributed by atoms with Crippen LogP contribution < -0.4 is 10.6 Å². The van der Waals surface area contributed by atoms with Crippen LogP contribution in [0.5, 0.6) is 0 Å². The highest BCUT2D eigenvalue weighted by Crippen LogP contribution is 1.97. The van der Waals surface area contributed by atoms with E-state index in [1.54, 1.807) is 6.20 Å². The van der Waals surface area contributed by atoms with Gasteiger partial charge in [0.15, 0.2) is 5.96 Å². The lowest BCUT2D eigenvalue weighted by Crippen LogP contribution is -2.42. The molecule has 7 nitrogen and oxygen atoms in total. The minimum atomic E-state index is -2.93. The molecule has 3 N–H and O–H groups in total. The molecular formula is C12H24IN5O2S. The highest BCUT2D eigenvalue weighted by Gasteiger charge is 2.09. The Morgan fingerprint density at radius 1 is 1.52 bits per heavy atom. The van der Waals surface area contributed by atoms with Crippen molar-refractivity contribution < 1.29 is 8.42 Å². The van der Waals surface area contributed by atoms with Gasteiger partial charge in [0.05, 0.1) is 18.0 Å². The van der Waals surface area contributed by atoms with Crippen LogP contribution in [0.25, 0.3) is 0 Å². The van der Waals surface area contributed by atoms with Crippen molar-refractivity contribution in [3.05, 3.63) is 18.0 Å². The molecule has 1 rings (SSSR count). The Labute approximate surface area is 143 Å². The fraction of sp³-hybridized carbons (Fsp3) is 0.667. The number of nitrogens with one attached hydrogen (secondary N) is 3. The van der Waals surface area contributed by atoms with E-state index in [-0.39, 0.29) is 35.8 Å². The van der Waals surface area contributed by atoms with Gasteiger partial charge in [-0.15, -0.1) is 24.0 Å². The molecule has 0 aliphatic carbocycles. The number of H-pyrrole nitrogens is 1. The van der Waals surface area contributed by atoms with E-state index in [9.17, 15) is 8.42 Å². The van der Waals surface area contributed by atoms with Gasteiger partial charge in [0, 0.05) is 25.0 Å². The lowest BCUT2D eigenvalue weighted by molar-refractivity contribution is 0.581. The quantitative estimate of drug-likeness (QED) is 0.340. The van der Waals surface area contributed by atoms with E-state index < -0.39 is 9.84 Å². The zero-order valence-electron chi connectivity index (χ0n) is 12.6. The first-order valence-electron chi connectivity index (χ1n) is 6.61. The Morgan fingerprint density at radius 2 is 2.24 bits per heavy atom. The fourth-order valence-electron chi connectivity index (χ4n) is 1.55. The molecule has 1 atom stereocenters. The smallest absolute Gasteiger partial charge is 0.191 e. The fourth-order valence-corrected chi connectivity index (χ4v) is 2.34. The van der Waals surface area contributed by atoms with Crippen LogP contribution in [-0.4, -0.2) is 49.2 Å². The third-order valence-electron chi connectivity index (χ3n) is 2.61. The molecule has 0 saturated heterocycles. The van der Waals surface area contributed by atoms with E-state index in [4.69, 9.17) is 0 Å². The maximum atomic E-state index is 11.1. The monoisotopic (exact) mass is 429 g/mol. The van der Waals surface area contributed by atoms with Crippen LogP contribution in [0.15, 0.2) is 17.3 Å². The second-order valence-corrected chi connectivity index (χ2v) is 7.00. The van der Waals surface area contributed by atoms with Crippen LogP contribution in [0.1, 0.15) is 26.0 Å². The summed E-state index contributed by atoms with van der Waals surface area (Å²) in [6.07, 6.45) is 3.48. The lowest BCUT2D eigenvalue weighted by Gasteiger charge is -2.17. The molecule has 0 spiro atoms. The summed E-state index contributed by atoms with van der Waals surface area (Å²) in [5, 5.41) is 13.0. The van der Waals surface area contributed by atoms with Crippen LogP contribution in [0.2, 0.25) is 0 Å². The van der Waals surface area contributed by atoms with Gasteiger partial charge >= 0.3 is 0 Å². The number of aliphatic imine (C=N–C) groups is 1. The number of aromatic amines is 1. The molecule has 0 radical (unpaired) electrons. The predicted molar refractivity (Wildman–Crippen MR) is 95.7 cm³/mol. The molecule has 1 aromatic rings. The molecule has 122 valence electrons. The summed E-state index contributed by atoms with van der Waals surface area (Å²) in [5.41, 5.74) is 0.922. The molecule has 0 bridgehead atoms. The maximum Gasteiger partial charge on any atom is 0.191 e. The first-order valence-corrected chi connectivity index (χ1v) is 8.67. The second-order valence-electron chi connectivity index (χ2n) is 4.74. The zero-order chi connectivity index (χ0) is 15.0. The Hall–Kier alpha value is -0.840. The van der Waals surface area contributed by atoms with Crippen molar-refractivity contribution in [2.24, 2.45) is 4.99 Å². The standard InChI is InChI=1S/C12H23N5O2S.HI/c1-4-13-12(14-9-11-5-7-15-17-11)16-10(2)6-8-20(3,18)19;/h5,7,10H,4,6,8-9H2,1-3H3,(H,15,17)(H2,13,14,16);1H. The molecule has 0 aliphatic rings. The highest BCUT2D eigenvalue weighted by atomic mass is 127. The molecule has 0 aromatic carbocycles. The summed E-state index contributed by atoms with van der Waals surface area (Å²) in [6.45, 7) is 5.16. The summed E-state index contributed by atoms with van der Waals surface area (Å²) in [5.74, 6) is 0.837. The van der Waals surface area contributed by atoms with Gasteiger partial charge in [0.25, 0.3) is 0 Å². The van der Waals surface area contributed by atoms with E-state index >= 15 is 0 Å². The third-order valence-corrected chi connectivity index (χ3v) is 3.59. The van der Waals surface area contributed by atoms with E-state index in [2.05, 4.69) is 25.8 Å². The average molecular weight is 429 g/mol. The van der Waals surface area contributed by atoms with Crippen molar-refractivity contribution in [2.75, 3.05) is 18.6 Å². The number of guanidine groups is 1.